The van der Waals surface area contributed by atoms with Crippen LogP contribution in [0.15, 0.2) is 146 Å². The Morgan fingerprint density at radius 1 is 0.675 bits per heavy atom. The van der Waals surface area contributed by atoms with Gasteiger partial charge >= 0.3 is 0 Å². The maximum atomic E-state index is 4.97. The molecule has 0 saturated heterocycles. The van der Waals surface area contributed by atoms with Crippen molar-refractivity contribution in [3.63, 3.8) is 0 Å². The molecule has 3 heteroatoms. The molecule has 0 amide bonds. The van der Waals surface area contributed by atoms with Gasteiger partial charge in [-0.2, -0.15) is 0 Å². The smallest absolute Gasteiger partial charge is 0.160 e. The molecule has 2 heterocycles. The monoisotopic (exact) mass is 519 g/mol. The molecule has 0 unspecified atom stereocenters. The minimum atomic E-state index is -0.256. The summed E-state index contributed by atoms with van der Waals surface area (Å²) in [5.74, 6) is 0.705. The first kappa shape index (κ1) is 26.7. The predicted molar refractivity (Wildman–Crippen MR) is 168 cm³/mol. The Bertz CT molecular complexity index is 1590. The van der Waals surface area contributed by atoms with Crippen LogP contribution in [0.3, 0.4) is 0 Å². The van der Waals surface area contributed by atoms with Crippen LogP contribution in [0.5, 0.6) is 0 Å². The summed E-state index contributed by atoms with van der Waals surface area (Å²) in [4.78, 5) is 14.3. The van der Waals surface area contributed by atoms with Crippen molar-refractivity contribution in [1.29, 1.82) is 0 Å². The van der Waals surface area contributed by atoms with Gasteiger partial charge in [0.2, 0.25) is 0 Å². The summed E-state index contributed by atoms with van der Waals surface area (Å²) < 4.78 is 0. The van der Waals surface area contributed by atoms with E-state index in [1.54, 1.807) is 0 Å². The van der Waals surface area contributed by atoms with Crippen LogP contribution in [0.4, 0.5) is 0 Å². The summed E-state index contributed by atoms with van der Waals surface area (Å²) in [6, 6.07) is 37.0. The van der Waals surface area contributed by atoms with E-state index in [-0.39, 0.29) is 5.41 Å². The fourth-order valence-corrected chi connectivity index (χ4v) is 4.57. The maximum Gasteiger partial charge on any atom is 0.160 e. The second-order valence-electron chi connectivity index (χ2n) is 10.2. The SMILES string of the molecule is C=C(/C=C\C(=C/C)c1cc(-c2ccccc2)nc(-c2ccccc2)n1)C(C)(C)c1ccc(-c2ccccn2)cc1. The minimum Gasteiger partial charge on any atom is -0.256 e. The lowest BCUT2D eigenvalue weighted by Gasteiger charge is -2.26. The highest BCUT2D eigenvalue weighted by Gasteiger charge is 2.23. The van der Waals surface area contributed by atoms with Gasteiger partial charge in [0, 0.05) is 28.3 Å². The maximum absolute atomic E-state index is 4.97. The van der Waals surface area contributed by atoms with Crippen LogP contribution in [-0.4, -0.2) is 15.0 Å². The molecule has 5 aromatic rings. The van der Waals surface area contributed by atoms with E-state index in [2.05, 4.69) is 86.1 Å². The summed E-state index contributed by atoms with van der Waals surface area (Å²) in [6.07, 6.45) is 8.12. The summed E-state index contributed by atoms with van der Waals surface area (Å²) in [6.45, 7) is 10.9. The van der Waals surface area contributed by atoms with Gasteiger partial charge in [-0.05, 0) is 41.8 Å². The van der Waals surface area contributed by atoms with Crippen LogP contribution in [0, 0.1) is 0 Å². The molecule has 0 N–H and O–H groups in total. The number of hydrogen-bond acceptors (Lipinski definition) is 3. The number of benzene rings is 3. The molecule has 196 valence electrons. The van der Waals surface area contributed by atoms with Crippen molar-refractivity contribution in [3.8, 4) is 33.9 Å². The lowest BCUT2D eigenvalue weighted by molar-refractivity contribution is 0.642. The Hall–Kier alpha value is -4.89. The zero-order valence-corrected chi connectivity index (χ0v) is 23.3. The Kier molecular flexibility index (Phi) is 7.93. The Labute approximate surface area is 237 Å². The largest absolute Gasteiger partial charge is 0.256 e. The van der Waals surface area contributed by atoms with Gasteiger partial charge in [-0.15, -0.1) is 0 Å². The van der Waals surface area contributed by atoms with Gasteiger partial charge in [-0.1, -0.05) is 130 Å². The Morgan fingerprint density at radius 2 is 1.30 bits per heavy atom. The van der Waals surface area contributed by atoms with E-state index in [0.29, 0.717) is 5.82 Å². The second kappa shape index (κ2) is 11.9. The highest BCUT2D eigenvalue weighted by Crippen LogP contribution is 2.33. The van der Waals surface area contributed by atoms with Crippen molar-refractivity contribution in [2.24, 2.45) is 0 Å². The molecule has 0 aliphatic rings. The normalized spacial score (nSPS) is 12.0. The van der Waals surface area contributed by atoms with Crippen molar-refractivity contribution < 1.29 is 0 Å². The van der Waals surface area contributed by atoms with E-state index >= 15 is 0 Å². The fourth-order valence-electron chi connectivity index (χ4n) is 4.57. The van der Waals surface area contributed by atoms with E-state index in [1.165, 1.54) is 5.56 Å². The quantitative estimate of drug-likeness (QED) is 0.192. The van der Waals surface area contributed by atoms with E-state index in [1.807, 2.05) is 79.9 Å². The van der Waals surface area contributed by atoms with Crippen molar-refractivity contribution in [3.05, 3.63) is 157 Å². The summed E-state index contributed by atoms with van der Waals surface area (Å²) in [7, 11) is 0. The molecule has 5 rings (SSSR count). The highest BCUT2D eigenvalue weighted by molar-refractivity contribution is 5.77. The third-order valence-electron chi connectivity index (χ3n) is 7.27. The molecule has 2 aromatic heterocycles. The third-order valence-corrected chi connectivity index (χ3v) is 7.27. The van der Waals surface area contributed by atoms with Crippen molar-refractivity contribution in [2.45, 2.75) is 26.2 Å². The summed E-state index contributed by atoms with van der Waals surface area (Å²) in [5, 5.41) is 0. The zero-order chi connectivity index (χ0) is 28.0. The molecule has 0 saturated carbocycles. The van der Waals surface area contributed by atoms with Gasteiger partial charge < -0.3 is 0 Å². The second-order valence-corrected chi connectivity index (χ2v) is 10.2. The van der Waals surface area contributed by atoms with E-state index in [9.17, 15) is 0 Å². The molecule has 0 fully saturated rings. The number of pyridine rings is 1. The van der Waals surface area contributed by atoms with E-state index in [0.717, 1.165) is 44.9 Å². The van der Waals surface area contributed by atoms with Crippen LogP contribution < -0.4 is 0 Å². The molecule has 3 nitrogen and oxygen atoms in total. The molecule has 0 radical (unpaired) electrons. The lowest BCUT2D eigenvalue weighted by atomic mass is 9.77. The molecular formula is C37H33N3. The summed E-state index contributed by atoms with van der Waals surface area (Å²) >= 11 is 0. The minimum absolute atomic E-state index is 0.256. The first-order chi connectivity index (χ1) is 19.5. The standard InChI is InChI=1S/C37H33N3/c1-5-28(20-19-27(2)37(3,4)32-23-21-30(22-24-32)33-18-12-13-25-38-33)34-26-35(29-14-8-6-9-15-29)40-36(39-34)31-16-10-7-11-17-31/h5-26H,2H2,1,3-4H3/b20-19-,28-5+. The molecule has 0 aliphatic heterocycles. The topological polar surface area (TPSA) is 38.7 Å². The molecule has 40 heavy (non-hydrogen) atoms. The van der Waals surface area contributed by atoms with E-state index in [4.69, 9.17) is 9.97 Å². The van der Waals surface area contributed by atoms with Crippen LogP contribution in [0.25, 0.3) is 39.5 Å². The number of aromatic nitrogens is 3. The van der Waals surface area contributed by atoms with E-state index < -0.39 is 0 Å². The van der Waals surface area contributed by atoms with Crippen LogP contribution in [0.1, 0.15) is 32.0 Å². The molecular weight excluding hydrogens is 486 g/mol. The van der Waals surface area contributed by atoms with Crippen molar-refractivity contribution >= 4 is 5.57 Å². The Morgan fingerprint density at radius 3 is 1.93 bits per heavy atom. The number of hydrogen-bond donors (Lipinski definition) is 0. The first-order valence-corrected chi connectivity index (χ1v) is 13.5. The highest BCUT2D eigenvalue weighted by atomic mass is 14.9. The van der Waals surface area contributed by atoms with Gasteiger partial charge in [-0.25, -0.2) is 9.97 Å². The van der Waals surface area contributed by atoms with Crippen molar-refractivity contribution in [2.75, 3.05) is 0 Å². The third kappa shape index (κ3) is 5.89. The van der Waals surface area contributed by atoms with Crippen LogP contribution in [0.2, 0.25) is 0 Å². The Balaban J connectivity index is 1.44. The van der Waals surface area contributed by atoms with Gasteiger partial charge in [0.25, 0.3) is 0 Å². The predicted octanol–water partition coefficient (Wildman–Crippen LogP) is 9.37. The summed E-state index contributed by atoms with van der Waals surface area (Å²) in [5.41, 5.74) is 8.85. The number of allylic oxidation sites excluding steroid dienone is 5. The van der Waals surface area contributed by atoms with Crippen LogP contribution in [-0.2, 0) is 5.41 Å². The molecule has 0 bridgehead atoms. The average Bonchev–Trinajstić information content (AvgIpc) is 3.02. The molecule has 0 spiro atoms. The average molecular weight is 520 g/mol. The van der Waals surface area contributed by atoms with Gasteiger partial charge in [0.1, 0.15) is 0 Å². The van der Waals surface area contributed by atoms with Gasteiger partial charge in [-0.3, -0.25) is 4.98 Å². The zero-order valence-electron chi connectivity index (χ0n) is 23.3. The fraction of sp³-hybridized carbons (Fsp3) is 0.108. The number of rotatable bonds is 8. The molecule has 0 atom stereocenters. The molecule has 0 aliphatic carbocycles. The van der Waals surface area contributed by atoms with Crippen LogP contribution >= 0.6 is 0 Å². The first-order valence-electron chi connectivity index (χ1n) is 13.5. The number of nitrogens with zero attached hydrogens (tertiary/aromatic N) is 3. The van der Waals surface area contributed by atoms with Crippen molar-refractivity contribution in [1.82, 2.24) is 15.0 Å². The van der Waals surface area contributed by atoms with Gasteiger partial charge in [0.05, 0.1) is 17.1 Å². The lowest BCUT2D eigenvalue weighted by Crippen LogP contribution is -2.18. The molecule has 3 aromatic carbocycles. The van der Waals surface area contributed by atoms with Gasteiger partial charge in [0.15, 0.2) is 5.82 Å².